The second-order valence-corrected chi connectivity index (χ2v) is 5.73. The SMILES string of the molecule is O=c1[nH]c2c(-c3cccnc3)cnn2c(O)c1C1CCCC1. The third-order valence-electron chi connectivity index (χ3n) is 4.42. The van der Waals surface area contributed by atoms with Crippen LogP contribution in [-0.4, -0.2) is 24.7 Å². The topological polar surface area (TPSA) is 83.3 Å². The van der Waals surface area contributed by atoms with Crippen LogP contribution in [0.25, 0.3) is 16.8 Å². The van der Waals surface area contributed by atoms with Gasteiger partial charge in [0.15, 0.2) is 0 Å². The van der Waals surface area contributed by atoms with Crippen molar-refractivity contribution in [3.8, 4) is 17.0 Å². The maximum absolute atomic E-state index is 12.5. The Morgan fingerprint density at radius 1 is 1.27 bits per heavy atom. The maximum Gasteiger partial charge on any atom is 0.258 e. The Bertz CT molecular complexity index is 876. The highest BCUT2D eigenvalue weighted by Gasteiger charge is 2.26. The van der Waals surface area contributed by atoms with Crippen LogP contribution >= 0.6 is 0 Å². The molecule has 6 nitrogen and oxygen atoms in total. The molecule has 3 aromatic rings. The van der Waals surface area contributed by atoms with Gasteiger partial charge >= 0.3 is 0 Å². The van der Waals surface area contributed by atoms with Crippen molar-refractivity contribution in [2.45, 2.75) is 31.6 Å². The second-order valence-electron chi connectivity index (χ2n) is 5.73. The Balaban J connectivity index is 1.93. The van der Waals surface area contributed by atoms with Crippen LogP contribution in [0, 0.1) is 0 Å². The molecule has 0 unspecified atom stereocenters. The van der Waals surface area contributed by atoms with Gasteiger partial charge in [-0.05, 0) is 24.8 Å². The Labute approximate surface area is 126 Å². The van der Waals surface area contributed by atoms with Gasteiger partial charge < -0.3 is 10.1 Å². The molecule has 1 aliphatic rings. The van der Waals surface area contributed by atoms with Crippen LogP contribution < -0.4 is 5.56 Å². The molecule has 0 atom stereocenters. The predicted molar refractivity (Wildman–Crippen MR) is 81.9 cm³/mol. The number of nitrogens with zero attached hydrogens (tertiary/aromatic N) is 3. The average Bonchev–Trinajstić information content (AvgIpc) is 3.18. The molecule has 0 aliphatic heterocycles. The second kappa shape index (κ2) is 4.98. The van der Waals surface area contributed by atoms with Crippen LogP contribution in [0.5, 0.6) is 5.88 Å². The number of pyridine rings is 1. The van der Waals surface area contributed by atoms with Crippen LogP contribution in [0.4, 0.5) is 0 Å². The van der Waals surface area contributed by atoms with Crippen LogP contribution in [-0.2, 0) is 0 Å². The van der Waals surface area contributed by atoms with Crippen LogP contribution in [0.3, 0.4) is 0 Å². The van der Waals surface area contributed by atoms with Crippen LogP contribution in [0.1, 0.15) is 37.2 Å². The van der Waals surface area contributed by atoms with Gasteiger partial charge in [-0.15, -0.1) is 0 Å². The van der Waals surface area contributed by atoms with Gasteiger partial charge in [-0.3, -0.25) is 9.78 Å². The Morgan fingerprint density at radius 2 is 2.09 bits per heavy atom. The van der Waals surface area contributed by atoms with Crippen molar-refractivity contribution < 1.29 is 5.11 Å². The quantitative estimate of drug-likeness (QED) is 0.761. The van der Waals surface area contributed by atoms with Crippen molar-refractivity contribution >= 4 is 5.65 Å². The molecule has 6 heteroatoms. The lowest BCUT2D eigenvalue weighted by molar-refractivity contribution is 0.419. The van der Waals surface area contributed by atoms with Gasteiger partial charge in [0.2, 0.25) is 5.88 Å². The zero-order valence-electron chi connectivity index (χ0n) is 12.0. The normalized spacial score (nSPS) is 15.6. The first-order chi connectivity index (χ1) is 10.8. The average molecular weight is 296 g/mol. The fraction of sp³-hybridized carbons (Fsp3) is 0.312. The molecule has 4 rings (SSSR count). The number of nitrogens with one attached hydrogen (secondary N) is 1. The predicted octanol–water partition coefficient (Wildman–Crippen LogP) is 2.45. The third kappa shape index (κ3) is 1.91. The lowest BCUT2D eigenvalue weighted by Crippen LogP contribution is -2.18. The van der Waals surface area contributed by atoms with E-state index in [1.807, 2.05) is 12.1 Å². The number of fused-ring (bicyclic) bond motifs is 1. The third-order valence-corrected chi connectivity index (χ3v) is 4.42. The molecule has 0 amide bonds. The highest BCUT2D eigenvalue weighted by molar-refractivity contribution is 5.76. The minimum atomic E-state index is -0.220. The molecule has 0 spiro atoms. The molecular weight excluding hydrogens is 280 g/mol. The first-order valence-corrected chi connectivity index (χ1v) is 7.49. The lowest BCUT2D eigenvalue weighted by Gasteiger charge is -2.11. The summed E-state index contributed by atoms with van der Waals surface area (Å²) in [5.41, 5.74) is 2.34. The van der Waals surface area contributed by atoms with Crippen molar-refractivity contribution in [1.29, 1.82) is 0 Å². The number of rotatable bonds is 2. The summed E-state index contributed by atoms with van der Waals surface area (Å²) in [6, 6.07) is 3.72. The fourth-order valence-electron chi connectivity index (χ4n) is 3.34. The lowest BCUT2D eigenvalue weighted by atomic mass is 10.00. The van der Waals surface area contributed by atoms with Gasteiger partial charge in [0.05, 0.1) is 11.8 Å². The molecule has 0 saturated heterocycles. The van der Waals surface area contributed by atoms with E-state index in [0.29, 0.717) is 11.2 Å². The first kappa shape index (κ1) is 13.1. The zero-order chi connectivity index (χ0) is 15.1. The highest BCUT2D eigenvalue weighted by Crippen LogP contribution is 2.36. The van der Waals surface area contributed by atoms with Crippen molar-refractivity contribution in [3.63, 3.8) is 0 Å². The monoisotopic (exact) mass is 296 g/mol. The summed E-state index contributed by atoms with van der Waals surface area (Å²) in [4.78, 5) is 19.4. The van der Waals surface area contributed by atoms with E-state index in [-0.39, 0.29) is 17.4 Å². The molecule has 1 aliphatic carbocycles. The van der Waals surface area contributed by atoms with E-state index in [4.69, 9.17) is 0 Å². The minimum Gasteiger partial charge on any atom is -0.493 e. The van der Waals surface area contributed by atoms with Crippen LogP contribution in [0.2, 0.25) is 0 Å². The van der Waals surface area contributed by atoms with E-state index in [9.17, 15) is 9.90 Å². The summed E-state index contributed by atoms with van der Waals surface area (Å²) < 4.78 is 1.41. The van der Waals surface area contributed by atoms with Crippen molar-refractivity contribution in [2.24, 2.45) is 0 Å². The van der Waals surface area contributed by atoms with E-state index in [0.717, 1.165) is 36.8 Å². The van der Waals surface area contributed by atoms with Gasteiger partial charge in [-0.25, -0.2) is 0 Å². The summed E-state index contributed by atoms with van der Waals surface area (Å²) in [7, 11) is 0. The number of hydrogen-bond acceptors (Lipinski definition) is 4. The maximum atomic E-state index is 12.5. The van der Waals surface area contributed by atoms with Gasteiger partial charge in [-0.2, -0.15) is 9.61 Å². The first-order valence-electron chi connectivity index (χ1n) is 7.49. The Hall–Kier alpha value is -2.63. The minimum absolute atomic E-state index is 0.0409. The van der Waals surface area contributed by atoms with Gasteiger partial charge in [0, 0.05) is 23.5 Å². The molecular formula is C16H16N4O2. The number of hydrogen-bond donors (Lipinski definition) is 2. The van der Waals surface area contributed by atoms with E-state index in [2.05, 4.69) is 15.1 Å². The van der Waals surface area contributed by atoms with E-state index in [1.54, 1.807) is 18.6 Å². The van der Waals surface area contributed by atoms with Crippen LogP contribution in [0.15, 0.2) is 35.5 Å². The fourth-order valence-corrected chi connectivity index (χ4v) is 3.34. The van der Waals surface area contributed by atoms with Gasteiger partial charge in [-0.1, -0.05) is 18.9 Å². The molecule has 3 heterocycles. The largest absolute Gasteiger partial charge is 0.493 e. The highest BCUT2D eigenvalue weighted by atomic mass is 16.3. The smallest absolute Gasteiger partial charge is 0.258 e. The molecule has 1 fully saturated rings. The Morgan fingerprint density at radius 3 is 2.82 bits per heavy atom. The van der Waals surface area contributed by atoms with Gasteiger partial charge in [0.25, 0.3) is 5.56 Å². The molecule has 0 aromatic carbocycles. The number of aromatic nitrogens is 4. The number of H-pyrrole nitrogens is 1. The van der Waals surface area contributed by atoms with E-state index < -0.39 is 0 Å². The standard InChI is InChI=1S/C16H16N4O2/c21-15-13(10-4-1-2-5-10)16(22)20-14(19-15)12(9-18-20)11-6-3-7-17-8-11/h3,6-10,22H,1-2,4-5H2,(H,19,21). The summed E-state index contributed by atoms with van der Waals surface area (Å²) in [5, 5.41) is 14.8. The van der Waals surface area contributed by atoms with E-state index >= 15 is 0 Å². The summed E-state index contributed by atoms with van der Waals surface area (Å²) >= 11 is 0. The molecule has 112 valence electrons. The van der Waals surface area contributed by atoms with Crippen molar-refractivity contribution in [1.82, 2.24) is 19.6 Å². The molecule has 3 aromatic heterocycles. The number of aromatic amines is 1. The van der Waals surface area contributed by atoms with Crippen molar-refractivity contribution in [2.75, 3.05) is 0 Å². The molecule has 2 N–H and O–H groups in total. The Kier molecular flexibility index (Phi) is 2.96. The molecule has 0 radical (unpaired) electrons. The molecule has 1 saturated carbocycles. The zero-order valence-corrected chi connectivity index (χ0v) is 12.0. The summed E-state index contributed by atoms with van der Waals surface area (Å²) in [5.74, 6) is 0.0833. The summed E-state index contributed by atoms with van der Waals surface area (Å²) in [6.07, 6.45) is 9.12. The van der Waals surface area contributed by atoms with E-state index in [1.165, 1.54) is 4.52 Å². The molecule has 22 heavy (non-hydrogen) atoms. The molecule has 0 bridgehead atoms. The van der Waals surface area contributed by atoms with Gasteiger partial charge in [0.1, 0.15) is 5.65 Å². The summed E-state index contributed by atoms with van der Waals surface area (Å²) in [6.45, 7) is 0. The number of aromatic hydroxyl groups is 1. The van der Waals surface area contributed by atoms with Crippen molar-refractivity contribution in [3.05, 3.63) is 46.6 Å².